The summed E-state index contributed by atoms with van der Waals surface area (Å²) < 4.78 is 0. The molecule has 0 aliphatic carbocycles. The summed E-state index contributed by atoms with van der Waals surface area (Å²) in [6, 6.07) is 0.624. The van der Waals surface area contributed by atoms with E-state index in [1.165, 1.54) is 0 Å². The average molecular weight is 140 g/mol. The Bertz CT molecular complexity index is 106. The first-order valence-electron chi connectivity index (χ1n) is 3.86. The first-order chi connectivity index (χ1) is 4.79. The van der Waals surface area contributed by atoms with Crippen molar-refractivity contribution in [3.8, 4) is 0 Å². The van der Waals surface area contributed by atoms with Gasteiger partial charge in [-0.15, -0.1) is 0 Å². The van der Waals surface area contributed by atoms with E-state index in [4.69, 9.17) is 0 Å². The van der Waals surface area contributed by atoms with Crippen molar-refractivity contribution in [3.63, 3.8) is 0 Å². The number of nitrogens with zero attached hydrogens (tertiary/aromatic N) is 1. The van der Waals surface area contributed by atoms with Gasteiger partial charge in [0, 0.05) is 19.3 Å². The third-order valence-electron chi connectivity index (χ3n) is 1.78. The quantitative estimate of drug-likeness (QED) is 0.501. The third-order valence-corrected chi connectivity index (χ3v) is 1.78. The van der Waals surface area contributed by atoms with Crippen molar-refractivity contribution in [1.29, 1.82) is 0 Å². The molecular formula is C8H16N2. The molecule has 1 aliphatic rings. The van der Waals surface area contributed by atoms with Crippen LogP contribution in [0.2, 0.25) is 0 Å². The second kappa shape index (κ2) is 3.74. The maximum absolute atomic E-state index is 3.41. The number of hydrogen-bond donors (Lipinski definition) is 1. The lowest BCUT2D eigenvalue weighted by Crippen LogP contribution is -2.37. The molecule has 1 rings (SSSR count). The van der Waals surface area contributed by atoms with Crippen molar-refractivity contribution in [2.24, 2.45) is 0 Å². The van der Waals surface area contributed by atoms with E-state index >= 15 is 0 Å². The molecule has 0 aromatic rings. The summed E-state index contributed by atoms with van der Waals surface area (Å²) in [4.78, 5) is 2.26. The molecule has 1 atom stereocenters. The lowest BCUT2D eigenvalue weighted by molar-refractivity contribution is 0.311. The lowest BCUT2D eigenvalue weighted by atomic mass is 10.2. The van der Waals surface area contributed by atoms with E-state index in [1.807, 2.05) is 0 Å². The molecule has 1 heterocycles. The zero-order valence-electron chi connectivity index (χ0n) is 6.80. The maximum atomic E-state index is 3.41. The van der Waals surface area contributed by atoms with Crippen molar-refractivity contribution in [2.75, 3.05) is 20.3 Å². The highest BCUT2D eigenvalue weighted by atomic mass is 15.2. The highest BCUT2D eigenvalue weighted by molar-refractivity contribution is 4.88. The standard InChI is InChI=1S/C8H16N2/c1-8-5-3-4-6-10(2)7-9-8/h3-4,8-9H,5-7H2,1-2H3/b4-3-. The maximum Gasteiger partial charge on any atom is 0.0482 e. The van der Waals surface area contributed by atoms with Crippen LogP contribution >= 0.6 is 0 Å². The van der Waals surface area contributed by atoms with Crippen molar-refractivity contribution < 1.29 is 0 Å². The minimum atomic E-state index is 0.624. The molecule has 0 bridgehead atoms. The van der Waals surface area contributed by atoms with Crippen molar-refractivity contribution >= 4 is 0 Å². The van der Waals surface area contributed by atoms with Gasteiger partial charge in [-0.3, -0.25) is 4.90 Å². The Kier molecular flexibility index (Phi) is 2.90. The molecule has 0 saturated carbocycles. The molecule has 0 spiro atoms. The topological polar surface area (TPSA) is 15.3 Å². The fourth-order valence-electron chi connectivity index (χ4n) is 1.01. The van der Waals surface area contributed by atoms with Crippen LogP contribution < -0.4 is 5.32 Å². The Morgan fingerprint density at radius 3 is 3.10 bits per heavy atom. The van der Waals surface area contributed by atoms with Gasteiger partial charge in [-0.2, -0.15) is 0 Å². The Labute approximate surface area is 62.9 Å². The molecule has 1 N–H and O–H groups in total. The SMILES string of the molecule is CC1C/C=C\CN(C)CN1. The smallest absolute Gasteiger partial charge is 0.0482 e. The Morgan fingerprint density at radius 1 is 1.50 bits per heavy atom. The van der Waals surface area contributed by atoms with Gasteiger partial charge in [0.15, 0.2) is 0 Å². The molecular weight excluding hydrogens is 124 g/mol. The first kappa shape index (κ1) is 7.76. The van der Waals surface area contributed by atoms with E-state index in [9.17, 15) is 0 Å². The molecule has 0 radical (unpaired) electrons. The van der Waals surface area contributed by atoms with Gasteiger partial charge in [0.2, 0.25) is 0 Å². The molecule has 0 aromatic carbocycles. The summed E-state index contributed by atoms with van der Waals surface area (Å²) in [5, 5.41) is 3.41. The summed E-state index contributed by atoms with van der Waals surface area (Å²) in [7, 11) is 2.12. The van der Waals surface area contributed by atoms with Gasteiger partial charge >= 0.3 is 0 Å². The van der Waals surface area contributed by atoms with Crippen molar-refractivity contribution in [2.45, 2.75) is 19.4 Å². The molecule has 0 amide bonds. The van der Waals surface area contributed by atoms with Crippen LogP contribution in [0, 0.1) is 0 Å². The van der Waals surface area contributed by atoms with Crippen LogP contribution in [0.5, 0.6) is 0 Å². The summed E-state index contributed by atoms with van der Waals surface area (Å²) in [6.07, 6.45) is 5.64. The van der Waals surface area contributed by atoms with Crippen LogP contribution in [-0.2, 0) is 0 Å². The molecule has 58 valence electrons. The molecule has 1 unspecified atom stereocenters. The fourth-order valence-corrected chi connectivity index (χ4v) is 1.01. The van der Waals surface area contributed by atoms with E-state index < -0.39 is 0 Å². The lowest BCUT2D eigenvalue weighted by Gasteiger charge is -2.21. The molecule has 0 saturated heterocycles. The minimum Gasteiger partial charge on any atom is -0.301 e. The number of nitrogens with one attached hydrogen (secondary N) is 1. The number of likely N-dealkylation sites (N-methyl/N-ethyl adjacent to an activating group) is 1. The number of rotatable bonds is 0. The van der Waals surface area contributed by atoms with Gasteiger partial charge in [-0.1, -0.05) is 12.2 Å². The van der Waals surface area contributed by atoms with Gasteiger partial charge in [-0.25, -0.2) is 0 Å². The first-order valence-corrected chi connectivity index (χ1v) is 3.86. The molecule has 2 heteroatoms. The monoisotopic (exact) mass is 140 g/mol. The van der Waals surface area contributed by atoms with Crippen LogP contribution in [0.25, 0.3) is 0 Å². The van der Waals surface area contributed by atoms with Gasteiger partial charge in [0.05, 0.1) is 0 Å². The molecule has 10 heavy (non-hydrogen) atoms. The summed E-state index contributed by atoms with van der Waals surface area (Å²) in [6.45, 7) is 4.29. The Hall–Kier alpha value is -0.340. The molecule has 0 aromatic heterocycles. The van der Waals surface area contributed by atoms with Crippen LogP contribution in [0.1, 0.15) is 13.3 Å². The summed E-state index contributed by atoms with van der Waals surface area (Å²) in [5.74, 6) is 0. The predicted molar refractivity (Wildman–Crippen MR) is 43.9 cm³/mol. The van der Waals surface area contributed by atoms with Crippen LogP contribution in [0.4, 0.5) is 0 Å². The van der Waals surface area contributed by atoms with E-state index in [2.05, 4.69) is 36.3 Å². The second-order valence-electron chi connectivity index (χ2n) is 3.01. The Morgan fingerprint density at radius 2 is 2.30 bits per heavy atom. The van der Waals surface area contributed by atoms with Gasteiger partial charge in [-0.05, 0) is 20.4 Å². The van der Waals surface area contributed by atoms with E-state index in [1.54, 1.807) is 0 Å². The van der Waals surface area contributed by atoms with Crippen LogP contribution in [-0.4, -0.2) is 31.2 Å². The zero-order valence-corrected chi connectivity index (χ0v) is 6.80. The predicted octanol–water partition coefficient (Wildman–Crippen LogP) is 0.814. The van der Waals surface area contributed by atoms with Gasteiger partial charge in [0.25, 0.3) is 0 Å². The highest BCUT2D eigenvalue weighted by Crippen LogP contribution is 1.96. The van der Waals surface area contributed by atoms with E-state index in [-0.39, 0.29) is 0 Å². The van der Waals surface area contributed by atoms with E-state index in [0.29, 0.717) is 6.04 Å². The van der Waals surface area contributed by atoms with Gasteiger partial charge < -0.3 is 5.32 Å². The largest absolute Gasteiger partial charge is 0.301 e. The highest BCUT2D eigenvalue weighted by Gasteiger charge is 2.02. The molecule has 1 aliphatic heterocycles. The normalized spacial score (nSPS) is 32.8. The van der Waals surface area contributed by atoms with E-state index in [0.717, 1.165) is 19.6 Å². The summed E-state index contributed by atoms with van der Waals surface area (Å²) in [5.41, 5.74) is 0. The second-order valence-corrected chi connectivity index (χ2v) is 3.01. The summed E-state index contributed by atoms with van der Waals surface area (Å²) >= 11 is 0. The van der Waals surface area contributed by atoms with Crippen molar-refractivity contribution in [3.05, 3.63) is 12.2 Å². The zero-order chi connectivity index (χ0) is 7.40. The fraction of sp³-hybridized carbons (Fsp3) is 0.750. The molecule has 0 fully saturated rings. The van der Waals surface area contributed by atoms with Gasteiger partial charge in [0.1, 0.15) is 0 Å². The number of hydrogen-bond acceptors (Lipinski definition) is 2. The molecule has 2 nitrogen and oxygen atoms in total. The van der Waals surface area contributed by atoms with Crippen molar-refractivity contribution in [1.82, 2.24) is 10.2 Å². The van der Waals surface area contributed by atoms with Crippen LogP contribution in [0.15, 0.2) is 12.2 Å². The Balaban J connectivity index is 2.37. The third kappa shape index (κ3) is 2.50. The minimum absolute atomic E-state index is 0.624. The average Bonchev–Trinajstić information content (AvgIpc) is 1.90. The van der Waals surface area contributed by atoms with Crippen LogP contribution in [0.3, 0.4) is 0 Å².